The van der Waals surface area contributed by atoms with E-state index >= 15 is 0 Å². The summed E-state index contributed by atoms with van der Waals surface area (Å²) in [5.41, 5.74) is 14.0. The van der Waals surface area contributed by atoms with Crippen molar-refractivity contribution in [1.82, 2.24) is 4.90 Å². The fraction of sp³-hybridized carbons (Fsp3) is 0.714. The Balaban J connectivity index is 3.96. The molecular formula is C14H29N3. The minimum absolute atomic E-state index is 0.699. The van der Waals surface area contributed by atoms with Gasteiger partial charge < -0.3 is 11.5 Å². The fourth-order valence-corrected chi connectivity index (χ4v) is 1.64. The molecule has 4 N–H and O–H groups in total. The molecule has 0 aromatic rings. The maximum absolute atomic E-state index is 5.57. The number of hydrogen-bond donors (Lipinski definition) is 2. The minimum atomic E-state index is 0.699. The predicted octanol–water partition coefficient (Wildman–Crippen LogP) is 1.90. The molecule has 0 amide bonds. The van der Waals surface area contributed by atoms with Gasteiger partial charge in [-0.25, -0.2) is 0 Å². The summed E-state index contributed by atoms with van der Waals surface area (Å²) < 4.78 is 0. The predicted molar refractivity (Wildman–Crippen MR) is 77.0 cm³/mol. The first-order valence-corrected chi connectivity index (χ1v) is 6.51. The van der Waals surface area contributed by atoms with E-state index in [1.165, 1.54) is 11.1 Å². The van der Waals surface area contributed by atoms with Gasteiger partial charge in [-0.15, -0.1) is 0 Å². The van der Waals surface area contributed by atoms with E-state index in [0.717, 1.165) is 32.5 Å². The Morgan fingerprint density at radius 1 is 1.00 bits per heavy atom. The molecule has 0 rings (SSSR count). The smallest absolute Gasteiger partial charge is 0.0166 e. The van der Waals surface area contributed by atoms with Crippen molar-refractivity contribution in [3.63, 3.8) is 0 Å². The lowest BCUT2D eigenvalue weighted by Gasteiger charge is -2.19. The first-order valence-electron chi connectivity index (χ1n) is 6.51. The van der Waals surface area contributed by atoms with Crippen molar-refractivity contribution >= 4 is 0 Å². The Morgan fingerprint density at radius 2 is 1.59 bits per heavy atom. The van der Waals surface area contributed by atoms with E-state index in [1.807, 2.05) is 0 Å². The van der Waals surface area contributed by atoms with Crippen molar-refractivity contribution in [1.29, 1.82) is 0 Å². The lowest BCUT2D eigenvalue weighted by Crippen LogP contribution is -2.34. The van der Waals surface area contributed by atoms with Gasteiger partial charge >= 0.3 is 0 Å². The summed E-state index contributed by atoms with van der Waals surface area (Å²) in [6, 6.07) is 0. The lowest BCUT2D eigenvalue weighted by atomic mass is 10.1. The summed E-state index contributed by atoms with van der Waals surface area (Å²) in [6.07, 6.45) is 6.86. The molecule has 0 bridgehead atoms. The highest BCUT2D eigenvalue weighted by atomic mass is 15.1. The average Bonchev–Trinajstić information content (AvgIpc) is 2.26. The van der Waals surface area contributed by atoms with Crippen LogP contribution in [-0.2, 0) is 0 Å². The third-order valence-corrected chi connectivity index (χ3v) is 2.68. The molecule has 0 spiro atoms. The van der Waals surface area contributed by atoms with Crippen LogP contribution in [0.5, 0.6) is 0 Å². The molecule has 0 aromatic heterocycles. The molecular weight excluding hydrogens is 210 g/mol. The second-order valence-electron chi connectivity index (χ2n) is 4.75. The molecule has 0 atom stereocenters. The van der Waals surface area contributed by atoms with E-state index < -0.39 is 0 Å². The van der Waals surface area contributed by atoms with Crippen LogP contribution in [0.15, 0.2) is 23.3 Å². The van der Waals surface area contributed by atoms with Gasteiger partial charge in [0.1, 0.15) is 0 Å². The SMILES string of the molecule is CC(C)=CCC/C(C)=C\CN(CCN)CCN. The molecule has 0 aliphatic carbocycles. The van der Waals surface area contributed by atoms with E-state index in [1.54, 1.807) is 0 Å². The zero-order chi connectivity index (χ0) is 13.1. The van der Waals surface area contributed by atoms with Gasteiger partial charge in [0.05, 0.1) is 0 Å². The van der Waals surface area contributed by atoms with Gasteiger partial charge in [0.15, 0.2) is 0 Å². The average molecular weight is 239 g/mol. The zero-order valence-electron chi connectivity index (χ0n) is 11.7. The summed E-state index contributed by atoms with van der Waals surface area (Å²) in [6.45, 7) is 10.7. The minimum Gasteiger partial charge on any atom is -0.329 e. The number of rotatable bonds is 9. The fourth-order valence-electron chi connectivity index (χ4n) is 1.64. The molecule has 0 radical (unpaired) electrons. The van der Waals surface area contributed by atoms with Crippen LogP contribution in [0.4, 0.5) is 0 Å². The van der Waals surface area contributed by atoms with E-state index in [9.17, 15) is 0 Å². The number of allylic oxidation sites excluding steroid dienone is 3. The van der Waals surface area contributed by atoms with Gasteiger partial charge in [-0.1, -0.05) is 23.3 Å². The molecule has 0 aliphatic heterocycles. The summed E-state index contributed by atoms with van der Waals surface area (Å²) in [5, 5.41) is 0. The Hall–Kier alpha value is -0.640. The standard InChI is InChI=1S/C14H29N3/c1-13(2)5-4-6-14(3)7-10-17(11-8-15)12-9-16/h5,7H,4,6,8-12,15-16H2,1-3H3/b14-7-. The van der Waals surface area contributed by atoms with Gasteiger partial charge in [-0.05, 0) is 33.6 Å². The van der Waals surface area contributed by atoms with Crippen molar-refractivity contribution < 1.29 is 0 Å². The molecule has 0 fully saturated rings. The van der Waals surface area contributed by atoms with Gasteiger partial charge in [-0.2, -0.15) is 0 Å². The van der Waals surface area contributed by atoms with Crippen molar-refractivity contribution in [3.8, 4) is 0 Å². The highest BCUT2D eigenvalue weighted by Crippen LogP contribution is 2.06. The molecule has 3 heteroatoms. The van der Waals surface area contributed by atoms with Crippen molar-refractivity contribution in [2.75, 3.05) is 32.7 Å². The topological polar surface area (TPSA) is 55.3 Å². The van der Waals surface area contributed by atoms with E-state index in [4.69, 9.17) is 11.5 Å². The van der Waals surface area contributed by atoms with Gasteiger partial charge in [0, 0.05) is 32.7 Å². The first-order chi connectivity index (χ1) is 8.10. The Bertz CT molecular complexity index is 234. The maximum Gasteiger partial charge on any atom is 0.0166 e. The highest BCUT2D eigenvalue weighted by Gasteiger charge is 2.00. The number of nitrogens with zero attached hydrogens (tertiary/aromatic N) is 1. The van der Waals surface area contributed by atoms with Crippen LogP contribution < -0.4 is 11.5 Å². The molecule has 0 unspecified atom stereocenters. The molecule has 0 saturated carbocycles. The van der Waals surface area contributed by atoms with Crippen LogP contribution >= 0.6 is 0 Å². The second kappa shape index (κ2) is 10.5. The van der Waals surface area contributed by atoms with Gasteiger partial charge in [-0.3, -0.25) is 4.90 Å². The first kappa shape index (κ1) is 16.4. The molecule has 3 nitrogen and oxygen atoms in total. The van der Waals surface area contributed by atoms with Gasteiger partial charge in [0.2, 0.25) is 0 Å². The Kier molecular flexibility index (Phi) is 10.1. The zero-order valence-corrected chi connectivity index (χ0v) is 11.7. The van der Waals surface area contributed by atoms with E-state index in [0.29, 0.717) is 13.1 Å². The lowest BCUT2D eigenvalue weighted by molar-refractivity contribution is 0.319. The third kappa shape index (κ3) is 10.2. The van der Waals surface area contributed by atoms with Crippen molar-refractivity contribution in [2.45, 2.75) is 33.6 Å². The summed E-state index contributed by atoms with van der Waals surface area (Å²) in [7, 11) is 0. The van der Waals surface area contributed by atoms with Crippen LogP contribution in [0.2, 0.25) is 0 Å². The summed E-state index contributed by atoms with van der Waals surface area (Å²) in [5.74, 6) is 0. The van der Waals surface area contributed by atoms with Gasteiger partial charge in [0.25, 0.3) is 0 Å². The normalized spacial score (nSPS) is 12.0. The summed E-state index contributed by atoms with van der Waals surface area (Å²) >= 11 is 0. The van der Waals surface area contributed by atoms with Crippen LogP contribution in [0.3, 0.4) is 0 Å². The molecule has 0 heterocycles. The summed E-state index contributed by atoms with van der Waals surface area (Å²) in [4.78, 5) is 2.30. The van der Waals surface area contributed by atoms with Crippen LogP contribution in [0.1, 0.15) is 33.6 Å². The van der Waals surface area contributed by atoms with Crippen molar-refractivity contribution in [3.05, 3.63) is 23.3 Å². The molecule has 100 valence electrons. The molecule has 0 aliphatic rings. The van der Waals surface area contributed by atoms with Crippen LogP contribution in [0.25, 0.3) is 0 Å². The molecule has 0 saturated heterocycles. The monoisotopic (exact) mass is 239 g/mol. The number of nitrogens with two attached hydrogens (primary N) is 2. The molecule has 17 heavy (non-hydrogen) atoms. The molecule has 0 aromatic carbocycles. The maximum atomic E-state index is 5.57. The van der Waals surface area contributed by atoms with E-state index in [2.05, 4.69) is 37.8 Å². The van der Waals surface area contributed by atoms with Crippen LogP contribution in [-0.4, -0.2) is 37.6 Å². The van der Waals surface area contributed by atoms with Crippen LogP contribution in [0, 0.1) is 0 Å². The highest BCUT2D eigenvalue weighted by molar-refractivity contribution is 5.03. The Morgan fingerprint density at radius 3 is 2.06 bits per heavy atom. The van der Waals surface area contributed by atoms with Crippen molar-refractivity contribution in [2.24, 2.45) is 11.5 Å². The quantitative estimate of drug-likeness (QED) is 0.604. The third-order valence-electron chi connectivity index (χ3n) is 2.68. The largest absolute Gasteiger partial charge is 0.329 e. The number of hydrogen-bond acceptors (Lipinski definition) is 3. The van der Waals surface area contributed by atoms with E-state index in [-0.39, 0.29) is 0 Å². The second-order valence-corrected chi connectivity index (χ2v) is 4.75. The Labute approximate surface area is 107 Å².